The van der Waals surface area contributed by atoms with Crippen molar-refractivity contribution in [1.29, 1.82) is 0 Å². The maximum absolute atomic E-state index is 13.8. The van der Waals surface area contributed by atoms with Crippen LogP contribution in [0.1, 0.15) is 5.56 Å². The highest BCUT2D eigenvalue weighted by atomic mass is 16.1. The van der Waals surface area contributed by atoms with Crippen molar-refractivity contribution in [3.05, 3.63) is 125 Å². The molecule has 5 aromatic rings. The Morgan fingerprint density at radius 2 is 1.10 bits per heavy atom. The molecule has 0 saturated carbocycles. The average Bonchev–Trinajstić information content (AvgIpc) is 2.81. The molecule has 1 heterocycles. The van der Waals surface area contributed by atoms with Gasteiger partial charge in [-0.2, -0.15) is 0 Å². The predicted molar refractivity (Wildman–Crippen MR) is 125 cm³/mol. The van der Waals surface area contributed by atoms with Crippen molar-refractivity contribution in [1.82, 2.24) is 4.57 Å². The average molecular weight is 387 g/mol. The first kappa shape index (κ1) is 18.1. The second-order valence-electron chi connectivity index (χ2n) is 7.43. The van der Waals surface area contributed by atoms with Crippen LogP contribution in [0.4, 0.5) is 0 Å². The molecule has 0 aliphatic heterocycles. The van der Waals surface area contributed by atoms with Gasteiger partial charge in [0.05, 0.1) is 11.4 Å². The fraction of sp³-hybridized carbons (Fsp3) is 0.0357. The Morgan fingerprint density at radius 1 is 0.567 bits per heavy atom. The minimum absolute atomic E-state index is 0.00145. The summed E-state index contributed by atoms with van der Waals surface area (Å²) in [5, 5.41) is 1.69. The normalized spacial score (nSPS) is 11.0. The van der Waals surface area contributed by atoms with Gasteiger partial charge in [0.2, 0.25) is 0 Å². The number of hydrogen-bond acceptors (Lipinski definition) is 1. The minimum atomic E-state index is -0.00145. The third kappa shape index (κ3) is 2.94. The van der Waals surface area contributed by atoms with E-state index in [9.17, 15) is 4.79 Å². The minimum Gasteiger partial charge on any atom is -0.275 e. The summed E-state index contributed by atoms with van der Waals surface area (Å²) in [6, 6.07) is 36.5. The SMILES string of the molecule is Cc1ccccc1-n1c(-c2ccccc2)c(-c2ccccc2)c2ccccc2c1=O. The molecular formula is C28H21NO. The molecule has 2 heteroatoms. The molecular weight excluding hydrogens is 366 g/mol. The standard InChI is InChI=1S/C28H21NO/c1-20-12-8-11-19-25(20)29-27(22-15-6-3-7-16-22)26(21-13-4-2-5-14-21)23-17-9-10-18-24(23)28(29)30/h2-19H,1H3. The molecule has 0 radical (unpaired) electrons. The van der Waals surface area contributed by atoms with E-state index in [1.165, 1.54) is 0 Å². The highest BCUT2D eigenvalue weighted by Crippen LogP contribution is 2.38. The maximum atomic E-state index is 13.8. The van der Waals surface area contributed by atoms with Crippen LogP contribution in [0.2, 0.25) is 0 Å². The summed E-state index contributed by atoms with van der Waals surface area (Å²) in [6.07, 6.45) is 0. The van der Waals surface area contributed by atoms with E-state index in [4.69, 9.17) is 0 Å². The van der Waals surface area contributed by atoms with Gasteiger partial charge in [-0.1, -0.05) is 97.1 Å². The fourth-order valence-electron chi connectivity index (χ4n) is 4.16. The van der Waals surface area contributed by atoms with Crippen molar-refractivity contribution in [2.45, 2.75) is 6.92 Å². The van der Waals surface area contributed by atoms with Gasteiger partial charge in [-0.05, 0) is 41.1 Å². The molecule has 0 saturated heterocycles. The molecule has 0 bridgehead atoms. The summed E-state index contributed by atoms with van der Waals surface area (Å²) in [6.45, 7) is 2.05. The van der Waals surface area contributed by atoms with Gasteiger partial charge >= 0.3 is 0 Å². The zero-order chi connectivity index (χ0) is 20.5. The van der Waals surface area contributed by atoms with Crippen LogP contribution in [-0.4, -0.2) is 4.57 Å². The molecule has 0 amide bonds. The second-order valence-corrected chi connectivity index (χ2v) is 7.43. The molecule has 1 aromatic heterocycles. The Hall–Kier alpha value is -3.91. The lowest BCUT2D eigenvalue weighted by molar-refractivity contribution is 1.00. The van der Waals surface area contributed by atoms with Crippen molar-refractivity contribution in [3.63, 3.8) is 0 Å². The van der Waals surface area contributed by atoms with Gasteiger partial charge in [-0.25, -0.2) is 0 Å². The molecule has 30 heavy (non-hydrogen) atoms. The number of aromatic nitrogens is 1. The molecule has 4 aromatic carbocycles. The van der Waals surface area contributed by atoms with Crippen LogP contribution >= 0.6 is 0 Å². The van der Waals surface area contributed by atoms with Crippen LogP contribution in [0.15, 0.2) is 114 Å². The van der Waals surface area contributed by atoms with E-state index < -0.39 is 0 Å². The Bertz CT molecular complexity index is 1400. The molecule has 2 nitrogen and oxygen atoms in total. The van der Waals surface area contributed by atoms with Gasteiger partial charge in [0.25, 0.3) is 5.56 Å². The highest BCUT2D eigenvalue weighted by Gasteiger charge is 2.20. The molecule has 144 valence electrons. The molecule has 0 N–H and O–H groups in total. The number of rotatable bonds is 3. The van der Waals surface area contributed by atoms with Crippen LogP contribution < -0.4 is 5.56 Å². The number of nitrogens with zero attached hydrogens (tertiary/aromatic N) is 1. The van der Waals surface area contributed by atoms with E-state index in [1.54, 1.807) is 0 Å². The zero-order valence-electron chi connectivity index (χ0n) is 16.7. The van der Waals surface area contributed by atoms with Crippen LogP contribution in [0, 0.1) is 6.92 Å². The first-order chi connectivity index (χ1) is 14.8. The number of hydrogen-bond donors (Lipinski definition) is 0. The van der Waals surface area contributed by atoms with Crippen molar-refractivity contribution in [2.75, 3.05) is 0 Å². The van der Waals surface area contributed by atoms with Crippen LogP contribution in [-0.2, 0) is 0 Å². The molecule has 5 rings (SSSR count). The number of para-hydroxylation sites is 1. The number of aryl methyl sites for hydroxylation is 1. The molecule has 0 aliphatic carbocycles. The molecule has 0 spiro atoms. The van der Waals surface area contributed by atoms with Gasteiger partial charge in [-0.3, -0.25) is 9.36 Å². The molecule has 0 unspecified atom stereocenters. The Labute approximate surface area is 175 Å². The van der Waals surface area contributed by atoms with E-state index in [0.29, 0.717) is 0 Å². The summed E-state index contributed by atoms with van der Waals surface area (Å²) in [5.74, 6) is 0. The van der Waals surface area contributed by atoms with Crippen molar-refractivity contribution in [3.8, 4) is 28.1 Å². The first-order valence-corrected chi connectivity index (χ1v) is 10.1. The van der Waals surface area contributed by atoms with Gasteiger partial charge in [0, 0.05) is 10.9 Å². The number of fused-ring (bicyclic) bond motifs is 1. The fourth-order valence-corrected chi connectivity index (χ4v) is 4.16. The Kier molecular flexibility index (Phi) is 4.53. The molecule has 0 atom stereocenters. The first-order valence-electron chi connectivity index (χ1n) is 10.1. The van der Waals surface area contributed by atoms with Gasteiger partial charge < -0.3 is 0 Å². The third-order valence-corrected chi connectivity index (χ3v) is 5.56. The van der Waals surface area contributed by atoms with Gasteiger partial charge in [0.15, 0.2) is 0 Å². The quantitative estimate of drug-likeness (QED) is 0.340. The van der Waals surface area contributed by atoms with Crippen LogP contribution in [0.3, 0.4) is 0 Å². The second kappa shape index (κ2) is 7.49. The zero-order valence-corrected chi connectivity index (χ0v) is 16.7. The summed E-state index contributed by atoms with van der Waals surface area (Å²) >= 11 is 0. The summed E-state index contributed by atoms with van der Waals surface area (Å²) < 4.78 is 1.88. The highest BCUT2D eigenvalue weighted by molar-refractivity contribution is 6.03. The van der Waals surface area contributed by atoms with Crippen LogP contribution in [0.25, 0.3) is 38.8 Å². The lowest BCUT2D eigenvalue weighted by Gasteiger charge is -2.21. The molecule has 0 fully saturated rings. The van der Waals surface area contributed by atoms with E-state index >= 15 is 0 Å². The van der Waals surface area contributed by atoms with E-state index in [-0.39, 0.29) is 5.56 Å². The van der Waals surface area contributed by atoms with Gasteiger partial charge in [-0.15, -0.1) is 0 Å². The summed E-state index contributed by atoms with van der Waals surface area (Å²) in [4.78, 5) is 13.8. The van der Waals surface area contributed by atoms with E-state index in [2.05, 4.69) is 24.3 Å². The predicted octanol–water partition coefficient (Wildman–Crippen LogP) is 6.63. The number of pyridine rings is 1. The van der Waals surface area contributed by atoms with Crippen molar-refractivity contribution in [2.24, 2.45) is 0 Å². The Morgan fingerprint density at radius 3 is 1.77 bits per heavy atom. The summed E-state index contributed by atoms with van der Waals surface area (Å²) in [5.41, 5.74) is 6.06. The maximum Gasteiger partial charge on any atom is 0.263 e. The molecule has 0 aliphatic rings. The lowest BCUT2D eigenvalue weighted by Crippen LogP contribution is -2.22. The van der Waals surface area contributed by atoms with Crippen molar-refractivity contribution < 1.29 is 0 Å². The van der Waals surface area contributed by atoms with E-state index in [0.717, 1.165) is 44.4 Å². The smallest absolute Gasteiger partial charge is 0.263 e. The van der Waals surface area contributed by atoms with Gasteiger partial charge in [0.1, 0.15) is 0 Å². The Balaban J connectivity index is 2.06. The lowest BCUT2D eigenvalue weighted by atomic mass is 9.93. The topological polar surface area (TPSA) is 22.0 Å². The largest absolute Gasteiger partial charge is 0.275 e. The van der Waals surface area contributed by atoms with Crippen molar-refractivity contribution >= 4 is 10.8 Å². The number of benzene rings is 4. The van der Waals surface area contributed by atoms with Crippen LogP contribution in [0.5, 0.6) is 0 Å². The summed E-state index contributed by atoms with van der Waals surface area (Å²) in [7, 11) is 0. The van der Waals surface area contributed by atoms with E-state index in [1.807, 2.05) is 96.4 Å². The third-order valence-electron chi connectivity index (χ3n) is 5.56. The monoisotopic (exact) mass is 387 g/mol.